The molecule has 0 aliphatic heterocycles. The fraction of sp³-hybridized carbons (Fsp3) is 0.562. The first kappa shape index (κ1) is 15.6. The highest BCUT2D eigenvalue weighted by atomic mass is 15.3. The Morgan fingerprint density at radius 3 is 2.24 bits per heavy atom. The molecule has 0 aliphatic rings. The van der Waals surface area contributed by atoms with Crippen LogP contribution in [0.1, 0.15) is 37.7 Å². The molecule has 0 fully saturated rings. The number of rotatable bonds is 7. The van der Waals surface area contributed by atoms with Gasteiger partial charge < -0.3 is 5.32 Å². The van der Waals surface area contributed by atoms with Crippen molar-refractivity contribution in [1.82, 2.24) is 25.1 Å². The van der Waals surface area contributed by atoms with Crippen LogP contribution in [0.2, 0.25) is 0 Å². The van der Waals surface area contributed by atoms with Gasteiger partial charge in [-0.15, -0.1) is 0 Å². The van der Waals surface area contributed by atoms with Gasteiger partial charge in [0.25, 0.3) is 0 Å². The van der Waals surface area contributed by atoms with E-state index >= 15 is 0 Å². The van der Waals surface area contributed by atoms with Crippen molar-refractivity contribution >= 4 is 0 Å². The van der Waals surface area contributed by atoms with Gasteiger partial charge in [0.2, 0.25) is 0 Å². The van der Waals surface area contributed by atoms with Gasteiger partial charge in [0.05, 0.1) is 0 Å². The second kappa shape index (κ2) is 7.31. The summed E-state index contributed by atoms with van der Waals surface area (Å²) >= 11 is 0. The van der Waals surface area contributed by atoms with E-state index < -0.39 is 0 Å². The van der Waals surface area contributed by atoms with Crippen molar-refractivity contribution in [2.75, 3.05) is 13.1 Å². The first-order valence-corrected chi connectivity index (χ1v) is 7.78. The SMILES string of the molecule is CCNCCc1c(CC)nc(-c2ccn(C)n2)nc1CC. The lowest BCUT2D eigenvalue weighted by molar-refractivity contribution is 0.701. The zero-order valence-electron chi connectivity index (χ0n) is 13.5. The fourth-order valence-corrected chi connectivity index (χ4v) is 2.49. The van der Waals surface area contributed by atoms with Crippen molar-refractivity contribution in [3.8, 4) is 11.5 Å². The molecule has 2 aromatic heterocycles. The molecule has 2 rings (SSSR count). The van der Waals surface area contributed by atoms with Gasteiger partial charge >= 0.3 is 0 Å². The van der Waals surface area contributed by atoms with E-state index in [2.05, 4.69) is 31.2 Å². The molecule has 0 saturated carbocycles. The van der Waals surface area contributed by atoms with E-state index in [1.165, 1.54) is 5.56 Å². The van der Waals surface area contributed by atoms with Gasteiger partial charge in [0.15, 0.2) is 5.82 Å². The molecule has 0 spiro atoms. The van der Waals surface area contributed by atoms with Crippen molar-refractivity contribution in [3.05, 3.63) is 29.2 Å². The second-order valence-electron chi connectivity index (χ2n) is 5.10. The van der Waals surface area contributed by atoms with Crippen LogP contribution in [-0.4, -0.2) is 32.8 Å². The minimum absolute atomic E-state index is 0.747. The molecular formula is C16H25N5. The summed E-state index contributed by atoms with van der Waals surface area (Å²) in [6.45, 7) is 8.40. The van der Waals surface area contributed by atoms with Crippen molar-refractivity contribution < 1.29 is 0 Å². The van der Waals surface area contributed by atoms with E-state index in [1.807, 2.05) is 19.3 Å². The van der Waals surface area contributed by atoms with E-state index in [9.17, 15) is 0 Å². The third-order valence-electron chi connectivity index (χ3n) is 3.59. The van der Waals surface area contributed by atoms with E-state index in [4.69, 9.17) is 9.97 Å². The van der Waals surface area contributed by atoms with Crippen molar-refractivity contribution in [1.29, 1.82) is 0 Å². The normalized spacial score (nSPS) is 11.0. The molecule has 0 bridgehead atoms. The Hall–Kier alpha value is -1.75. The Kier molecular flexibility index (Phi) is 5.44. The summed E-state index contributed by atoms with van der Waals surface area (Å²) in [5, 5.41) is 7.79. The number of nitrogens with one attached hydrogen (secondary N) is 1. The lowest BCUT2D eigenvalue weighted by Crippen LogP contribution is -2.19. The van der Waals surface area contributed by atoms with Crippen LogP contribution in [0.4, 0.5) is 0 Å². The molecular weight excluding hydrogens is 262 g/mol. The van der Waals surface area contributed by atoms with Crippen LogP contribution in [0.3, 0.4) is 0 Å². The van der Waals surface area contributed by atoms with Crippen LogP contribution in [0, 0.1) is 0 Å². The maximum Gasteiger partial charge on any atom is 0.180 e. The van der Waals surface area contributed by atoms with E-state index in [0.717, 1.165) is 55.3 Å². The summed E-state index contributed by atoms with van der Waals surface area (Å²) in [7, 11) is 1.91. The number of likely N-dealkylation sites (N-methyl/N-ethyl adjacent to an activating group) is 1. The summed E-state index contributed by atoms with van der Waals surface area (Å²) in [5.41, 5.74) is 4.46. The molecule has 5 nitrogen and oxygen atoms in total. The first-order valence-electron chi connectivity index (χ1n) is 7.78. The second-order valence-corrected chi connectivity index (χ2v) is 5.10. The van der Waals surface area contributed by atoms with Gasteiger partial charge in [-0.2, -0.15) is 5.10 Å². The third-order valence-corrected chi connectivity index (χ3v) is 3.59. The Morgan fingerprint density at radius 2 is 1.76 bits per heavy atom. The molecule has 114 valence electrons. The van der Waals surface area contributed by atoms with Crippen LogP contribution < -0.4 is 5.32 Å². The molecule has 0 saturated heterocycles. The summed E-state index contributed by atoms with van der Waals surface area (Å²) in [6.07, 6.45) is 4.77. The Morgan fingerprint density at radius 1 is 1.10 bits per heavy atom. The smallest absolute Gasteiger partial charge is 0.180 e. The summed E-state index contributed by atoms with van der Waals surface area (Å²) in [6, 6.07) is 1.96. The van der Waals surface area contributed by atoms with Gasteiger partial charge in [0.1, 0.15) is 5.69 Å². The quantitative estimate of drug-likeness (QED) is 0.793. The molecule has 1 N–H and O–H groups in total. The average molecular weight is 287 g/mol. The monoisotopic (exact) mass is 287 g/mol. The standard InChI is InChI=1S/C16H25N5/c1-5-13-12(8-10-17-7-3)14(6-2)19-16(18-13)15-9-11-21(4)20-15/h9,11,17H,5-8,10H2,1-4H3. The maximum atomic E-state index is 4.75. The molecule has 2 heterocycles. The van der Waals surface area contributed by atoms with Crippen LogP contribution in [-0.2, 0) is 26.3 Å². The number of nitrogens with zero attached hydrogens (tertiary/aromatic N) is 4. The fourth-order valence-electron chi connectivity index (χ4n) is 2.49. The molecule has 0 atom stereocenters. The van der Waals surface area contributed by atoms with Crippen molar-refractivity contribution in [2.24, 2.45) is 7.05 Å². The lowest BCUT2D eigenvalue weighted by atomic mass is 10.0. The largest absolute Gasteiger partial charge is 0.317 e. The van der Waals surface area contributed by atoms with Crippen LogP contribution in [0.15, 0.2) is 12.3 Å². The zero-order valence-corrected chi connectivity index (χ0v) is 13.5. The third kappa shape index (κ3) is 3.67. The highest BCUT2D eigenvalue weighted by molar-refractivity contribution is 5.50. The topological polar surface area (TPSA) is 55.6 Å². The molecule has 0 amide bonds. The zero-order chi connectivity index (χ0) is 15.2. The summed E-state index contributed by atoms with van der Waals surface area (Å²) < 4.78 is 1.79. The Balaban J connectivity index is 2.38. The predicted octanol–water partition coefficient (Wildman–Crippen LogP) is 2.15. The van der Waals surface area contributed by atoms with Gasteiger partial charge in [0, 0.05) is 24.6 Å². The number of hydrogen-bond donors (Lipinski definition) is 1. The predicted molar refractivity (Wildman–Crippen MR) is 85.2 cm³/mol. The van der Waals surface area contributed by atoms with Crippen molar-refractivity contribution in [2.45, 2.75) is 40.0 Å². The van der Waals surface area contributed by atoms with Gasteiger partial charge in [-0.1, -0.05) is 20.8 Å². The van der Waals surface area contributed by atoms with Crippen LogP contribution >= 0.6 is 0 Å². The highest BCUT2D eigenvalue weighted by Gasteiger charge is 2.14. The van der Waals surface area contributed by atoms with Gasteiger partial charge in [-0.25, -0.2) is 9.97 Å². The summed E-state index contributed by atoms with van der Waals surface area (Å²) in [4.78, 5) is 9.49. The van der Waals surface area contributed by atoms with Gasteiger partial charge in [-0.3, -0.25) is 4.68 Å². The molecule has 2 aromatic rings. The Bertz CT molecular complexity index is 563. The van der Waals surface area contributed by atoms with E-state index in [0.29, 0.717) is 0 Å². The Labute approximate surface area is 126 Å². The van der Waals surface area contributed by atoms with Crippen LogP contribution in [0.25, 0.3) is 11.5 Å². The molecule has 0 radical (unpaired) electrons. The number of aromatic nitrogens is 4. The van der Waals surface area contributed by atoms with Gasteiger partial charge in [-0.05, 0) is 44.0 Å². The first-order chi connectivity index (χ1) is 10.2. The molecule has 5 heteroatoms. The number of hydrogen-bond acceptors (Lipinski definition) is 4. The molecule has 0 aromatic carbocycles. The van der Waals surface area contributed by atoms with Crippen molar-refractivity contribution in [3.63, 3.8) is 0 Å². The number of aryl methyl sites for hydroxylation is 3. The van der Waals surface area contributed by atoms with E-state index in [-0.39, 0.29) is 0 Å². The molecule has 0 unspecified atom stereocenters. The van der Waals surface area contributed by atoms with Crippen LogP contribution in [0.5, 0.6) is 0 Å². The summed E-state index contributed by atoms with van der Waals surface area (Å²) in [5.74, 6) is 0.747. The lowest BCUT2D eigenvalue weighted by Gasteiger charge is -2.13. The average Bonchev–Trinajstić information content (AvgIpc) is 2.93. The van der Waals surface area contributed by atoms with E-state index in [1.54, 1.807) is 4.68 Å². The molecule has 0 aliphatic carbocycles. The minimum Gasteiger partial charge on any atom is -0.317 e. The maximum absolute atomic E-state index is 4.75. The highest BCUT2D eigenvalue weighted by Crippen LogP contribution is 2.19. The minimum atomic E-state index is 0.747. The molecule has 21 heavy (non-hydrogen) atoms.